The van der Waals surface area contributed by atoms with Gasteiger partial charge >= 0.3 is 0 Å². The predicted molar refractivity (Wildman–Crippen MR) is 86.0 cm³/mol. The van der Waals surface area contributed by atoms with Crippen molar-refractivity contribution in [2.75, 3.05) is 5.09 Å². The van der Waals surface area contributed by atoms with E-state index in [0.717, 1.165) is 28.2 Å². The third-order valence-corrected chi connectivity index (χ3v) is 4.41. The average Bonchev–Trinajstić information content (AvgIpc) is 2.55. The molecule has 1 unspecified atom stereocenters. The summed E-state index contributed by atoms with van der Waals surface area (Å²) >= 11 is 0. The molecule has 104 valence electrons. The van der Waals surface area contributed by atoms with Crippen molar-refractivity contribution in [3.05, 3.63) is 66.4 Å². The summed E-state index contributed by atoms with van der Waals surface area (Å²) in [4.78, 5) is 25.4. The molecule has 5 heteroatoms. The zero-order valence-corrected chi connectivity index (χ0v) is 12.0. The van der Waals surface area contributed by atoms with Crippen molar-refractivity contribution in [1.29, 1.82) is 0 Å². The molecule has 1 heterocycles. The topological polar surface area (TPSA) is 62.2 Å². The molecular weight excluding hydrogens is 283 g/mol. The monoisotopic (exact) mass is 296 g/mol. The van der Waals surface area contributed by atoms with Gasteiger partial charge in [0.15, 0.2) is 8.30 Å². The van der Waals surface area contributed by atoms with Crippen LogP contribution in [0.5, 0.6) is 0 Å². The van der Waals surface area contributed by atoms with Crippen LogP contribution in [0.4, 0.5) is 5.69 Å². The fourth-order valence-electron chi connectivity index (χ4n) is 2.08. The van der Waals surface area contributed by atoms with Crippen LogP contribution in [0.25, 0.3) is 10.9 Å². The zero-order valence-electron chi connectivity index (χ0n) is 11.1. The molecule has 0 saturated carbocycles. The number of rotatable bonds is 4. The van der Waals surface area contributed by atoms with Gasteiger partial charge in [-0.2, -0.15) is 0 Å². The second-order valence-electron chi connectivity index (χ2n) is 4.52. The predicted octanol–water partition coefficient (Wildman–Crippen LogP) is 3.09. The molecule has 21 heavy (non-hydrogen) atoms. The van der Waals surface area contributed by atoms with Gasteiger partial charge in [-0.15, -0.1) is 0 Å². The number of hydrogen-bond acceptors (Lipinski definition) is 4. The number of pyridine rings is 1. The molecule has 0 amide bonds. The van der Waals surface area contributed by atoms with Crippen molar-refractivity contribution in [3.8, 4) is 0 Å². The van der Waals surface area contributed by atoms with Gasteiger partial charge in [-0.05, 0) is 36.4 Å². The number of aromatic nitrogens is 1. The van der Waals surface area contributed by atoms with E-state index in [4.69, 9.17) is 0 Å². The second-order valence-corrected chi connectivity index (χ2v) is 5.84. The molecule has 0 aliphatic rings. The SMILES string of the molecule is O=Cc1ccc(NP(O)c2cccc3cccnc23)cc1. The summed E-state index contributed by atoms with van der Waals surface area (Å²) in [5, 5.41) is 4.84. The lowest BCUT2D eigenvalue weighted by Crippen LogP contribution is -2.09. The fraction of sp³-hybridized carbons (Fsp3) is 0. The average molecular weight is 296 g/mol. The number of carbonyl (C=O) groups is 1. The van der Waals surface area contributed by atoms with Crippen LogP contribution in [0, 0.1) is 0 Å². The van der Waals surface area contributed by atoms with Crippen LogP contribution >= 0.6 is 8.30 Å². The van der Waals surface area contributed by atoms with Crippen LogP contribution < -0.4 is 10.4 Å². The Morgan fingerprint density at radius 3 is 2.57 bits per heavy atom. The Hall–Kier alpha value is -2.29. The molecule has 2 aromatic carbocycles. The highest BCUT2D eigenvalue weighted by atomic mass is 31.2. The lowest BCUT2D eigenvalue weighted by Gasteiger charge is -2.15. The first-order valence-electron chi connectivity index (χ1n) is 6.42. The molecule has 0 aliphatic carbocycles. The van der Waals surface area contributed by atoms with Crippen molar-refractivity contribution in [2.45, 2.75) is 0 Å². The van der Waals surface area contributed by atoms with Crippen LogP contribution in [-0.2, 0) is 0 Å². The third kappa shape index (κ3) is 2.92. The van der Waals surface area contributed by atoms with Crippen molar-refractivity contribution in [3.63, 3.8) is 0 Å². The van der Waals surface area contributed by atoms with Gasteiger partial charge in [0.25, 0.3) is 0 Å². The van der Waals surface area contributed by atoms with Crippen LogP contribution in [0.3, 0.4) is 0 Å². The van der Waals surface area contributed by atoms with Crippen molar-refractivity contribution < 1.29 is 9.69 Å². The van der Waals surface area contributed by atoms with Gasteiger partial charge in [-0.25, -0.2) is 0 Å². The molecule has 2 N–H and O–H groups in total. The molecule has 1 aromatic heterocycles. The Kier molecular flexibility index (Phi) is 3.91. The van der Waals surface area contributed by atoms with Crippen molar-refractivity contribution in [1.82, 2.24) is 4.98 Å². The first-order chi connectivity index (χ1) is 10.3. The van der Waals surface area contributed by atoms with Gasteiger partial charge in [0.2, 0.25) is 0 Å². The molecule has 4 nitrogen and oxygen atoms in total. The van der Waals surface area contributed by atoms with E-state index in [9.17, 15) is 9.69 Å². The normalized spacial score (nSPS) is 12.0. The maximum absolute atomic E-state index is 10.6. The van der Waals surface area contributed by atoms with Gasteiger partial charge in [0.1, 0.15) is 6.29 Å². The minimum Gasteiger partial charge on any atom is -0.351 e. The molecule has 0 fully saturated rings. The van der Waals surface area contributed by atoms with E-state index < -0.39 is 8.30 Å². The first kappa shape index (κ1) is 13.7. The number of hydrogen-bond donors (Lipinski definition) is 2. The number of benzene rings is 2. The highest BCUT2D eigenvalue weighted by Gasteiger charge is 2.12. The number of anilines is 1. The van der Waals surface area contributed by atoms with E-state index in [0.29, 0.717) is 5.56 Å². The second kappa shape index (κ2) is 6.00. The van der Waals surface area contributed by atoms with E-state index >= 15 is 0 Å². The number of fused-ring (bicyclic) bond motifs is 1. The van der Waals surface area contributed by atoms with E-state index in [1.54, 1.807) is 30.5 Å². The zero-order chi connectivity index (χ0) is 14.7. The van der Waals surface area contributed by atoms with Gasteiger partial charge < -0.3 is 9.98 Å². The van der Waals surface area contributed by atoms with Gasteiger partial charge in [0.05, 0.1) is 5.52 Å². The summed E-state index contributed by atoms with van der Waals surface area (Å²) in [6, 6.07) is 16.5. The number of nitrogens with zero attached hydrogens (tertiary/aromatic N) is 1. The molecular formula is C16H13N2O2P. The molecule has 0 bridgehead atoms. The number of aldehydes is 1. The quantitative estimate of drug-likeness (QED) is 0.573. The third-order valence-electron chi connectivity index (χ3n) is 3.12. The Morgan fingerprint density at radius 1 is 1.05 bits per heavy atom. The molecule has 3 rings (SSSR count). The summed E-state index contributed by atoms with van der Waals surface area (Å²) in [5.41, 5.74) is 2.17. The van der Waals surface area contributed by atoms with Crippen LogP contribution in [0.2, 0.25) is 0 Å². The summed E-state index contributed by atoms with van der Waals surface area (Å²) in [6.45, 7) is 0. The van der Waals surface area contributed by atoms with Gasteiger partial charge in [0, 0.05) is 28.1 Å². The lowest BCUT2D eigenvalue weighted by molar-refractivity contribution is 0.112. The van der Waals surface area contributed by atoms with Gasteiger partial charge in [-0.3, -0.25) is 9.78 Å². The van der Waals surface area contributed by atoms with E-state index in [1.165, 1.54) is 0 Å². The Morgan fingerprint density at radius 2 is 1.81 bits per heavy atom. The summed E-state index contributed by atoms with van der Waals surface area (Å²) < 4.78 is 0. The Bertz CT molecular complexity index is 769. The maximum Gasteiger partial charge on any atom is 0.163 e. The summed E-state index contributed by atoms with van der Waals surface area (Å²) in [6.07, 6.45) is 2.51. The smallest absolute Gasteiger partial charge is 0.163 e. The fourth-order valence-corrected chi connectivity index (χ4v) is 3.21. The van der Waals surface area contributed by atoms with E-state index in [1.807, 2.05) is 30.3 Å². The van der Waals surface area contributed by atoms with E-state index in [-0.39, 0.29) is 0 Å². The highest BCUT2D eigenvalue weighted by molar-refractivity contribution is 7.62. The summed E-state index contributed by atoms with van der Waals surface area (Å²) in [5.74, 6) is 0. The summed E-state index contributed by atoms with van der Waals surface area (Å²) in [7, 11) is -1.57. The number of carbonyl (C=O) groups excluding carboxylic acids is 1. The molecule has 0 spiro atoms. The molecule has 1 atom stereocenters. The lowest BCUT2D eigenvalue weighted by atomic mass is 10.2. The number of nitrogens with one attached hydrogen (secondary N) is 1. The van der Waals surface area contributed by atoms with E-state index in [2.05, 4.69) is 10.1 Å². The van der Waals surface area contributed by atoms with Gasteiger partial charge in [-0.1, -0.05) is 18.2 Å². The standard InChI is InChI=1S/C16H13N2O2P/c19-11-12-6-8-14(9-7-12)18-21(20)15-5-1-3-13-4-2-10-17-16(13)15/h1-11,18,20H. The van der Waals surface area contributed by atoms with Crippen molar-refractivity contribution in [2.24, 2.45) is 0 Å². The maximum atomic E-state index is 10.6. The molecule has 3 aromatic rings. The van der Waals surface area contributed by atoms with Crippen molar-refractivity contribution >= 4 is 36.5 Å². The minimum absolute atomic E-state index is 0.606. The number of para-hydroxylation sites is 1. The Labute approximate surface area is 123 Å². The minimum atomic E-state index is -1.57. The highest BCUT2D eigenvalue weighted by Crippen LogP contribution is 2.32. The van der Waals surface area contributed by atoms with Crippen LogP contribution in [-0.4, -0.2) is 16.2 Å². The first-order valence-corrected chi connectivity index (χ1v) is 7.72. The van der Waals surface area contributed by atoms with Crippen LogP contribution in [0.1, 0.15) is 10.4 Å². The molecule has 0 aliphatic heterocycles. The van der Waals surface area contributed by atoms with Crippen LogP contribution in [0.15, 0.2) is 60.8 Å². The molecule has 0 saturated heterocycles. The Balaban J connectivity index is 1.89. The molecule has 0 radical (unpaired) electrons. The largest absolute Gasteiger partial charge is 0.351 e.